The van der Waals surface area contributed by atoms with Crippen LogP contribution in [0.3, 0.4) is 0 Å². The average molecular weight is 565 g/mol. The SMILES string of the molecule is CC(C)CC(NC(=O)C(Cc1ccc(F)cn1)NC(=O)O)C(=O)NC(C[C@@H]1CCNC1=O)C(=O)C(=O)NC(C)C. The summed E-state index contributed by atoms with van der Waals surface area (Å²) in [6.45, 7) is 7.33. The lowest BCUT2D eigenvalue weighted by Crippen LogP contribution is -2.57. The second-order valence-electron chi connectivity index (χ2n) is 10.4. The van der Waals surface area contributed by atoms with Gasteiger partial charge in [-0.1, -0.05) is 13.8 Å². The largest absolute Gasteiger partial charge is 0.465 e. The molecule has 1 aliphatic rings. The summed E-state index contributed by atoms with van der Waals surface area (Å²) >= 11 is 0. The van der Waals surface area contributed by atoms with E-state index in [0.717, 1.165) is 12.3 Å². The van der Waals surface area contributed by atoms with Gasteiger partial charge in [-0.25, -0.2) is 9.18 Å². The van der Waals surface area contributed by atoms with Crippen molar-refractivity contribution in [3.8, 4) is 0 Å². The monoisotopic (exact) mass is 564 g/mol. The normalized spacial score (nSPS) is 17.0. The predicted octanol–water partition coefficient (Wildman–Crippen LogP) is 0.0350. The van der Waals surface area contributed by atoms with Crippen molar-refractivity contribution in [2.75, 3.05) is 6.54 Å². The van der Waals surface area contributed by atoms with E-state index in [4.69, 9.17) is 0 Å². The standard InChI is InChI=1S/C26H37FN6O7/c1-13(2)9-19(32-24(37)20(33-26(39)40)11-17-6-5-16(27)12-29-17)23(36)31-18(10-15-7-8-28-22(15)35)21(34)25(38)30-14(3)4/h5-6,12-15,18-20,33H,7-11H2,1-4H3,(H,28,35)(H,30,38)(H,31,36)(H,32,37)(H,39,40)/t15-,18?,19?,20?/m0/s1. The first-order chi connectivity index (χ1) is 18.8. The third-order valence-corrected chi connectivity index (χ3v) is 6.12. The van der Waals surface area contributed by atoms with Crippen LogP contribution in [0.25, 0.3) is 0 Å². The Kier molecular flexibility index (Phi) is 12.0. The van der Waals surface area contributed by atoms with Crippen molar-refractivity contribution in [3.63, 3.8) is 0 Å². The zero-order chi connectivity index (χ0) is 30.0. The number of amides is 5. The van der Waals surface area contributed by atoms with Crippen LogP contribution in [-0.2, 0) is 30.4 Å². The summed E-state index contributed by atoms with van der Waals surface area (Å²) in [6, 6.07) is -1.82. The maximum atomic E-state index is 13.4. The van der Waals surface area contributed by atoms with E-state index in [9.17, 15) is 38.3 Å². The maximum absolute atomic E-state index is 13.4. The molecule has 1 fully saturated rings. The van der Waals surface area contributed by atoms with Gasteiger partial charge < -0.3 is 31.7 Å². The molecule has 0 saturated carbocycles. The average Bonchev–Trinajstić information content (AvgIpc) is 3.26. The van der Waals surface area contributed by atoms with Gasteiger partial charge in [-0.15, -0.1) is 0 Å². The Morgan fingerprint density at radius 3 is 2.17 bits per heavy atom. The third kappa shape index (κ3) is 10.2. The maximum Gasteiger partial charge on any atom is 0.405 e. The molecule has 0 aliphatic carbocycles. The van der Waals surface area contributed by atoms with Gasteiger partial charge >= 0.3 is 6.09 Å². The summed E-state index contributed by atoms with van der Waals surface area (Å²) in [4.78, 5) is 79.3. The molecule has 6 N–H and O–H groups in total. The van der Waals surface area contributed by atoms with E-state index in [1.165, 1.54) is 6.07 Å². The van der Waals surface area contributed by atoms with Crippen LogP contribution in [0.5, 0.6) is 0 Å². The fourth-order valence-corrected chi connectivity index (χ4v) is 4.22. The number of halogens is 1. The van der Waals surface area contributed by atoms with E-state index in [0.29, 0.717) is 13.0 Å². The minimum Gasteiger partial charge on any atom is -0.465 e. The number of carbonyl (C=O) groups excluding carboxylic acids is 5. The molecule has 220 valence electrons. The van der Waals surface area contributed by atoms with E-state index in [1.807, 2.05) is 0 Å². The number of pyridine rings is 1. The Morgan fingerprint density at radius 1 is 1.00 bits per heavy atom. The molecule has 0 radical (unpaired) electrons. The molecule has 0 bridgehead atoms. The number of aromatic nitrogens is 1. The number of Topliss-reactive ketones (excluding diaryl/α,β-unsaturated/α-hetero) is 1. The number of nitrogens with zero attached hydrogens (tertiary/aromatic N) is 1. The third-order valence-electron chi connectivity index (χ3n) is 6.12. The summed E-state index contributed by atoms with van der Waals surface area (Å²) in [5.74, 6) is -5.06. The van der Waals surface area contributed by atoms with Crippen LogP contribution in [0, 0.1) is 17.7 Å². The highest BCUT2D eigenvalue weighted by atomic mass is 19.1. The molecule has 2 heterocycles. The van der Waals surface area contributed by atoms with Crippen LogP contribution >= 0.6 is 0 Å². The number of carbonyl (C=O) groups is 6. The Hall–Kier alpha value is -4.10. The van der Waals surface area contributed by atoms with Crippen LogP contribution in [0.1, 0.15) is 52.7 Å². The minimum absolute atomic E-state index is 0.107. The van der Waals surface area contributed by atoms with E-state index in [1.54, 1.807) is 27.7 Å². The highest BCUT2D eigenvalue weighted by Gasteiger charge is 2.36. The van der Waals surface area contributed by atoms with Gasteiger partial charge in [0, 0.05) is 30.6 Å². The number of rotatable bonds is 14. The number of carboxylic acid groups (broad SMARTS) is 1. The van der Waals surface area contributed by atoms with Crippen LogP contribution < -0.4 is 26.6 Å². The first-order valence-electron chi connectivity index (χ1n) is 13.1. The number of ketones is 1. The molecule has 14 heteroatoms. The first-order valence-corrected chi connectivity index (χ1v) is 13.1. The number of nitrogens with one attached hydrogen (secondary N) is 5. The minimum atomic E-state index is -1.50. The van der Waals surface area contributed by atoms with Gasteiger partial charge in [0.1, 0.15) is 17.9 Å². The highest BCUT2D eigenvalue weighted by molar-refractivity contribution is 6.38. The highest BCUT2D eigenvalue weighted by Crippen LogP contribution is 2.17. The van der Waals surface area contributed by atoms with Crippen molar-refractivity contribution in [3.05, 3.63) is 29.8 Å². The molecule has 3 unspecified atom stereocenters. The smallest absolute Gasteiger partial charge is 0.405 e. The Labute approximate surface area is 231 Å². The van der Waals surface area contributed by atoms with Crippen LogP contribution in [0.2, 0.25) is 0 Å². The van der Waals surface area contributed by atoms with Crippen molar-refractivity contribution in [1.29, 1.82) is 0 Å². The number of hydrogen-bond acceptors (Lipinski definition) is 7. The zero-order valence-corrected chi connectivity index (χ0v) is 23.0. The lowest BCUT2D eigenvalue weighted by Gasteiger charge is -2.26. The predicted molar refractivity (Wildman–Crippen MR) is 140 cm³/mol. The molecule has 13 nitrogen and oxygen atoms in total. The molecule has 1 aromatic heterocycles. The molecule has 0 spiro atoms. The van der Waals surface area contributed by atoms with Crippen LogP contribution in [0.15, 0.2) is 18.3 Å². The van der Waals surface area contributed by atoms with Crippen molar-refractivity contribution in [1.82, 2.24) is 31.6 Å². The van der Waals surface area contributed by atoms with Gasteiger partial charge in [-0.3, -0.25) is 29.0 Å². The molecule has 4 atom stereocenters. The summed E-state index contributed by atoms with van der Waals surface area (Å²) in [5, 5.41) is 21.5. The second-order valence-corrected chi connectivity index (χ2v) is 10.4. The molecule has 5 amide bonds. The fraction of sp³-hybridized carbons (Fsp3) is 0.577. The lowest BCUT2D eigenvalue weighted by atomic mass is 9.94. The summed E-state index contributed by atoms with van der Waals surface area (Å²) in [7, 11) is 0. The Balaban J connectivity index is 2.24. The summed E-state index contributed by atoms with van der Waals surface area (Å²) in [6.07, 6.45) is -0.349. The molecule has 2 rings (SSSR count). The summed E-state index contributed by atoms with van der Waals surface area (Å²) < 4.78 is 13.2. The lowest BCUT2D eigenvalue weighted by molar-refractivity contribution is -0.141. The van der Waals surface area contributed by atoms with Gasteiger partial charge in [0.05, 0.1) is 12.2 Å². The van der Waals surface area contributed by atoms with Gasteiger partial charge in [0.2, 0.25) is 23.5 Å². The van der Waals surface area contributed by atoms with Crippen LogP contribution in [0.4, 0.5) is 9.18 Å². The van der Waals surface area contributed by atoms with E-state index in [2.05, 4.69) is 31.6 Å². The van der Waals surface area contributed by atoms with Gasteiger partial charge in [-0.2, -0.15) is 0 Å². The topological polar surface area (TPSA) is 196 Å². The van der Waals surface area contributed by atoms with Crippen LogP contribution in [-0.4, -0.2) is 76.3 Å². The first kappa shape index (κ1) is 32.1. The van der Waals surface area contributed by atoms with E-state index in [-0.39, 0.29) is 42.8 Å². The van der Waals surface area contributed by atoms with E-state index >= 15 is 0 Å². The Morgan fingerprint density at radius 2 is 1.65 bits per heavy atom. The van der Waals surface area contributed by atoms with Crippen molar-refractivity contribution in [2.45, 2.75) is 77.5 Å². The van der Waals surface area contributed by atoms with Gasteiger partial charge in [-0.05, 0) is 51.2 Å². The molecule has 1 saturated heterocycles. The quantitative estimate of drug-likeness (QED) is 0.170. The molecular weight excluding hydrogens is 527 g/mol. The molecule has 1 aliphatic heterocycles. The number of hydrogen-bond donors (Lipinski definition) is 6. The fourth-order valence-electron chi connectivity index (χ4n) is 4.22. The van der Waals surface area contributed by atoms with Gasteiger partial charge in [0.15, 0.2) is 0 Å². The van der Waals surface area contributed by atoms with Crippen molar-refractivity contribution < 1.29 is 38.3 Å². The summed E-state index contributed by atoms with van der Waals surface area (Å²) in [5.41, 5.74) is 0.233. The van der Waals surface area contributed by atoms with Crippen molar-refractivity contribution >= 4 is 35.5 Å². The molecule has 1 aromatic rings. The van der Waals surface area contributed by atoms with E-state index < -0.39 is 59.5 Å². The molecule has 0 aromatic carbocycles. The molecular formula is C26H37FN6O7. The molecule has 40 heavy (non-hydrogen) atoms. The Bertz CT molecular complexity index is 1100. The van der Waals surface area contributed by atoms with Gasteiger partial charge in [0.25, 0.3) is 5.91 Å². The second kappa shape index (κ2) is 14.9. The zero-order valence-electron chi connectivity index (χ0n) is 23.0. The van der Waals surface area contributed by atoms with Crippen molar-refractivity contribution in [2.24, 2.45) is 11.8 Å².